The highest BCUT2D eigenvalue weighted by molar-refractivity contribution is 5.97. The highest BCUT2D eigenvalue weighted by atomic mass is 16.5. The number of fused-ring (bicyclic) bond motifs is 1. The Labute approximate surface area is 183 Å². The van der Waals surface area contributed by atoms with Gasteiger partial charge in [-0.2, -0.15) is 0 Å². The van der Waals surface area contributed by atoms with E-state index in [0.29, 0.717) is 5.56 Å². The van der Waals surface area contributed by atoms with Gasteiger partial charge in [0.15, 0.2) is 0 Å². The molecule has 2 aliphatic heterocycles. The van der Waals surface area contributed by atoms with Crippen LogP contribution in [0.5, 0.6) is 5.75 Å². The van der Waals surface area contributed by atoms with Crippen LogP contribution in [0.3, 0.4) is 0 Å². The average molecular weight is 419 g/mol. The quantitative estimate of drug-likeness (QED) is 0.578. The van der Waals surface area contributed by atoms with Gasteiger partial charge in [0.25, 0.3) is 5.91 Å². The van der Waals surface area contributed by atoms with Crippen LogP contribution in [0.15, 0.2) is 59.0 Å². The third-order valence-corrected chi connectivity index (χ3v) is 6.44. The van der Waals surface area contributed by atoms with Gasteiger partial charge in [0.1, 0.15) is 23.2 Å². The topological polar surface area (TPSA) is 45.9 Å². The molecule has 2 aromatic carbocycles. The van der Waals surface area contributed by atoms with E-state index in [1.807, 2.05) is 47.4 Å². The van der Waals surface area contributed by atoms with Gasteiger partial charge in [-0.15, -0.1) is 0 Å². The summed E-state index contributed by atoms with van der Waals surface area (Å²) >= 11 is 0. The van der Waals surface area contributed by atoms with Crippen molar-refractivity contribution in [1.82, 2.24) is 9.80 Å². The van der Waals surface area contributed by atoms with E-state index in [2.05, 4.69) is 17.0 Å². The summed E-state index contributed by atoms with van der Waals surface area (Å²) in [5.41, 5.74) is 1.65. The number of ether oxygens (including phenoxy) is 1. The molecule has 3 aromatic rings. The summed E-state index contributed by atoms with van der Waals surface area (Å²) in [5, 5.41) is 1.16. The van der Waals surface area contributed by atoms with Crippen LogP contribution < -0.4 is 4.74 Å². The third kappa shape index (κ3) is 4.62. The highest BCUT2D eigenvalue weighted by Crippen LogP contribution is 2.27. The van der Waals surface area contributed by atoms with E-state index in [1.165, 1.54) is 6.42 Å². The number of rotatable bonds is 5. The molecule has 0 spiro atoms. The summed E-state index contributed by atoms with van der Waals surface area (Å²) in [4.78, 5) is 17.4. The number of para-hydroxylation sites is 2. The minimum Gasteiger partial charge on any atom is -0.489 e. The van der Waals surface area contributed by atoms with Crippen LogP contribution in [0.2, 0.25) is 0 Å². The number of furan rings is 1. The van der Waals surface area contributed by atoms with Crippen molar-refractivity contribution in [3.05, 3.63) is 65.9 Å². The molecular weight excluding hydrogens is 388 g/mol. The van der Waals surface area contributed by atoms with Crippen LogP contribution in [0.1, 0.15) is 48.2 Å². The van der Waals surface area contributed by atoms with E-state index in [1.54, 1.807) is 0 Å². The normalized spacial score (nSPS) is 18.4. The van der Waals surface area contributed by atoms with Crippen LogP contribution in [0.4, 0.5) is 0 Å². The van der Waals surface area contributed by atoms with Crippen molar-refractivity contribution in [3.63, 3.8) is 0 Å². The van der Waals surface area contributed by atoms with Gasteiger partial charge < -0.3 is 14.1 Å². The SMILES string of the molecule is O=C(c1ccccc1OC1CCN(Cc2cc3ccccc3o2)CC1)N1CCCCC1. The zero-order valence-corrected chi connectivity index (χ0v) is 18.0. The Balaban J connectivity index is 1.18. The van der Waals surface area contributed by atoms with Gasteiger partial charge in [0.2, 0.25) is 0 Å². The summed E-state index contributed by atoms with van der Waals surface area (Å²) in [7, 11) is 0. The van der Waals surface area contributed by atoms with Gasteiger partial charge in [-0.1, -0.05) is 30.3 Å². The van der Waals surface area contributed by atoms with Gasteiger partial charge in [-0.3, -0.25) is 9.69 Å². The number of hydrogen-bond donors (Lipinski definition) is 0. The number of carbonyl (C=O) groups is 1. The monoisotopic (exact) mass is 418 g/mol. The van der Waals surface area contributed by atoms with Crippen molar-refractivity contribution < 1.29 is 13.9 Å². The summed E-state index contributed by atoms with van der Waals surface area (Å²) < 4.78 is 12.3. The molecular formula is C26H30N2O3. The Morgan fingerprint density at radius 3 is 2.48 bits per heavy atom. The third-order valence-electron chi connectivity index (χ3n) is 6.44. The number of piperidine rings is 2. The Kier molecular flexibility index (Phi) is 5.94. The first-order chi connectivity index (χ1) is 15.3. The predicted octanol–water partition coefficient (Wildman–Crippen LogP) is 5.10. The standard InChI is InChI=1S/C26H30N2O3/c29-26(28-14-6-1-7-15-28)23-9-3-5-11-25(23)30-21-12-16-27(17-13-21)19-22-18-20-8-2-4-10-24(20)31-22/h2-5,8-11,18,21H,1,6-7,12-17,19H2. The fourth-order valence-corrected chi connectivity index (χ4v) is 4.71. The zero-order valence-electron chi connectivity index (χ0n) is 18.0. The van der Waals surface area contributed by atoms with Crippen molar-refractivity contribution >= 4 is 16.9 Å². The Morgan fingerprint density at radius 1 is 0.935 bits per heavy atom. The van der Waals surface area contributed by atoms with E-state index in [4.69, 9.17) is 9.15 Å². The van der Waals surface area contributed by atoms with Crippen molar-refractivity contribution in [2.75, 3.05) is 26.2 Å². The first-order valence-corrected chi connectivity index (χ1v) is 11.5. The Hall–Kier alpha value is -2.79. The van der Waals surface area contributed by atoms with Gasteiger partial charge in [0.05, 0.1) is 12.1 Å². The van der Waals surface area contributed by atoms with Crippen molar-refractivity contribution in [2.45, 2.75) is 44.8 Å². The first kappa shape index (κ1) is 20.1. The van der Waals surface area contributed by atoms with E-state index in [0.717, 1.165) is 80.9 Å². The lowest BCUT2D eigenvalue weighted by molar-refractivity contribution is 0.0699. The molecule has 0 atom stereocenters. The number of hydrogen-bond acceptors (Lipinski definition) is 4. The molecule has 0 radical (unpaired) electrons. The van der Waals surface area contributed by atoms with E-state index in [-0.39, 0.29) is 12.0 Å². The van der Waals surface area contributed by atoms with Crippen LogP contribution in [-0.4, -0.2) is 48.0 Å². The molecule has 0 aliphatic carbocycles. The molecule has 162 valence electrons. The molecule has 5 heteroatoms. The summed E-state index contributed by atoms with van der Waals surface area (Å²) in [6, 6.07) is 18.0. The number of carbonyl (C=O) groups excluding carboxylic acids is 1. The lowest BCUT2D eigenvalue weighted by atomic mass is 10.1. The molecule has 0 unspecified atom stereocenters. The van der Waals surface area contributed by atoms with E-state index in [9.17, 15) is 4.79 Å². The molecule has 5 rings (SSSR count). The molecule has 2 aliphatic rings. The average Bonchev–Trinajstić information content (AvgIpc) is 3.23. The number of likely N-dealkylation sites (tertiary alicyclic amines) is 2. The minimum atomic E-state index is 0.109. The smallest absolute Gasteiger partial charge is 0.257 e. The van der Waals surface area contributed by atoms with E-state index < -0.39 is 0 Å². The van der Waals surface area contributed by atoms with Crippen molar-refractivity contribution in [1.29, 1.82) is 0 Å². The van der Waals surface area contributed by atoms with Gasteiger partial charge in [0, 0.05) is 31.6 Å². The Morgan fingerprint density at radius 2 is 1.68 bits per heavy atom. The molecule has 0 bridgehead atoms. The van der Waals surface area contributed by atoms with Gasteiger partial charge >= 0.3 is 0 Å². The second-order valence-electron chi connectivity index (χ2n) is 8.69. The minimum absolute atomic E-state index is 0.109. The lowest BCUT2D eigenvalue weighted by Gasteiger charge is -2.32. The molecule has 0 N–H and O–H groups in total. The molecule has 1 amide bonds. The molecule has 31 heavy (non-hydrogen) atoms. The second kappa shape index (κ2) is 9.15. The molecule has 5 nitrogen and oxygen atoms in total. The fraction of sp³-hybridized carbons (Fsp3) is 0.423. The van der Waals surface area contributed by atoms with E-state index >= 15 is 0 Å². The van der Waals surface area contributed by atoms with Crippen molar-refractivity contribution in [3.8, 4) is 5.75 Å². The fourth-order valence-electron chi connectivity index (χ4n) is 4.71. The second-order valence-corrected chi connectivity index (χ2v) is 8.69. The largest absolute Gasteiger partial charge is 0.489 e. The van der Waals surface area contributed by atoms with Crippen LogP contribution in [0, 0.1) is 0 Å². The highest BCUT2D eigenvalue weighted by Gasteiger charge is 2.25. The van der Waals surface area contributed by atoms with Crippen LogP contribution >= 0.6 is 0 Å². The lowest BCUT2D eigenvalue weighted by Crippen LogP contribution is -2.38. The molecule has 2 fully saturated rings. The molecule has 1 aromatic heterocycles. The maximum atomic E-state index is 13.0. The molecule has 2 saturated heterocycles. The van der Waals surface area contributed by atoms with Crippen LogP contribution in [-0.2, 0) is 6.54 Å². The molecule has 0 saturated carbocycles. The maximum Gasteiger partial charge on any atom is 0.257 e. The number of benzene rings is 2. The number of nitrogens with zero attached hydrogens (tertiary/aromatic N) is 2. The number of amides is 1. The molecule has 3 heterocycles. The Bertz CT molecular complexity index is 997. The van der Waals surface area contributed by atoms with Gasteiger partial charge in [-0.05, 0) is 56.4 Å². The van der Waals surface area contributed by atoms with Crippen molar-refractivity contribution in [2.24, 2.45) is 0 Å². The van der Waals surface area contributed by atoms with Gasteiger partial charge in [-0.25, -0.2) is 0 Å². The van der Waals surface area contributed by atoms with Crippen LogP contribution in [0.25, 0.3) is 11.0 Å². The summed E-state index contributed by atoms with van der Waals surface area (Å²) in [5.74, 6) is 1.85. The summed E-state index contributed by atoms with van der Waals surface area (Å²) in [6.07, 6.45) is 5.45. The maximum absolute atomic E-state index is 13.0. The predicted molar refractivity (Wildman–Crippen MR) is 121 cm³/mol. The first-order valence-electron chi connectivity index (χ1n) is 11.5. The zero-order chi connectivity index (χ0) is 21.0. The summed E-state index contributed by atoms with van der Waals surface area (Å²) in [6.45, 7) is 4.46.